The molecule has 0 aliphatic rings. The highest BCUT2D eigenvalue weighted by atomic mass is 31.2. The number of unbranched alkanes of at least 4 members (excludes halogenated alkanes) is 2. The Morgan fingerprint density at radius 3 is 2.41 bits per heavy atom. The van der Waals surface area contributed by atoms with E-state index in [4.69, 9.17) is 9.26 Å². The van der Waals surface area contributed by atoms with Gasteiger partial charge in [0.1, 0.15) is 0 Å². The van der Waals surface area contributed by atoms with Gasteiger partial charge in [0.25, 0.3) is 0 Å². The van der Waals surface area contributed by atoms with Crippen molar-refractivity contribution in [2.45, 2.75) is 39.5 Å². The number of carbonyl (C=O) groups is 1. The maximum absolute atomic E-state index is 11.3. The molecule has 0 saturated carbocycles. The van der Waals surface area contributed by atoms with Gasteiger partial charge >= 0.3 is 5.97 Å². The van der Waals surface area contributed by atoms with Crippen LogP contribution in [0.3, 0.4) is 0 Å². The first-order chi connectivity index (χ1) is 7.85. The molecule has 0 aromatic heterocycles. The maximum Gasteiger partial charge on any atom is 0.305 e. The fraction of sp³-hybridized carbons (Fsp3) is 0.917. The van der Waals surface area contributed by atoms with Crippen LogP contribution in [-0.2, 0) is 18.6 Å². The molecule has 0 heterocycles. The largest absolute Gasteiger partial charge is 0.465 e. The molecular weight excluding hydrogens is 239 g/mol. The van der Waals surface area contributed by atoms with Gasteiger partial charge < -0.3 is 9.26 Å². The molecule has 0 bridgehead atoms. The average molecular weight is 264 g/mol. The molecule has 0 aromatic carbocycles. The third-order valence-electron chi connectivity index (χ3n) is 2.18. The summed E-state index contributed by atoms with van der Waals surface area (Å²) in [5.74, 6) is -0.0696. The van der Waals surface area contributed by atoms with Crippen LogP contribution < -0.4 is 0 Å². The summed E-state index contributed by atoms with van der Waals surface area (Å²) < 4.78 is 21.6. The van der Waals surface area contributed by atoms with Crippen molar-refractivity contribution >= 4 is 13.3 Å². The summed E-state index contributed by atoms with van der Waals surface area (Å²) in [4.78, 5) is 11.3. The number of hydrogen-bond donors (Lipinski definition) is 0. The van der Waals surface area contributed by atoms with E-state index in [1.807, 2.05) is 6.92 Å². The van der Waals surface area contributed by atoms with Gasteiger partial charge in [-0.05, 0) is 6.42 Å². The number of carbonyl (C=O) groups excluding carboxylic acids is 1. The van der Waals surface area contributed by atoms with Crippen LogP contribution in [0.1, 0.15) is 39.5 Å². The molecule has 0 fully saturated rings. The summed E-state index contributed by atoms with van der Waals surface area (Å²) in [7, 11) is -2.43. The number of ether oxygens (including phenoxy) is 1. The molecule has 0 rings (SSSR count). The molecule has 0 aromatic rings. The Hall–Kier alpha value is -0.340. The molecule has 0 aliphatic heterocycles. The minimum Gasteiger partial charge on any atom is -0.465 e. The zero-order valence-electron chi connectivity index (χ0n) is 11.4. The van der Waals surface area contributed by atoms with E-state index in [0.717, 1.165) is 19.3 Å². The Balaban J connectivity index is 3.59. The van der Waals surface area contributed by atoms with Gasteiger partial charge in [-0.3, -0.25) is 9.36 Å². The molecule has 0 amide bonds. The lowest BCUT2D eigenvalue weighted by molar-refractivity contribution is -0.145. The van der Waals surface area contributed by atoms with Crippen LogP contribution in [0.2, 0.25) is 0 Å². The lowest BCUT2D eigenvalue weighted by Gasteiger charge is -2.14. The lowest BCUT2D eigenvalue weighted by Crippen LogP contribution is -2.15. The number of hydrogen-bond acceptors (Lipinski definition) is 4. The third kappa shape index (κ3) is 11.9. The predicted molar refractivity (Wildman–Crippen MR) is 69.7 cm³/mol. The summed E-state index contributed by atoms with van der Waals surface area (Å²) in [5, 5.41) is 0. The first kappa shape index (κ1) is 16.7. The van der Waals surface area contributed by atoms with Crippen molar-refractivity contribution in [2.75, 3.05) is 26.5 Å². The van der Waals surface area contributed by atoms with E-state index in [2.05, 4.69) is 6.92 Å². The van der Waals surface area contributed by atoms with E-state index < -0.39 is 7.37 Å². The van der Waals surface area contributed by atoms with Crippen LogP contribution in [0, 0.1) is 5.92 Å². The predicted octanol–water partition coefficient (Wildman–Crippen LogP) is 3.30. The monoisotopic (exact) mass is 264 g/mol. The highest BCUT2D eigenvalue weighted by Crippen LogP contribution is 2.37. The van der Waals surface area contributed by atoms with Crippen molar-refractivity contribution < 1.29 is 18.6 Å². The average Bonchev–Trinajstić information content (AvgIpc) is 2.23. The Labute approximate surface area is 105 Å². The molecule has 5 heteroatoms. The number of esters is 1. The Morgan fingerprint density at radius 2 is 1.88 bits per heavy atom. The molecule has 0 radical (unpaired) electrons. The van der Waals surface area contributed by atoms with Crippen LogP contribution in [0.5, 0.6) is 0 Å². The summed E-state index contributed by atoms with van der Waals surface area (Å²) in [6.45, 7) is 7.87. The van der Waals surface area contributed by atoms with Gasteiger partial charge in [-0.1, -0.05) is 26.7 Å². The fourth-order valence-corrected chi connectivity index (χ4v) is 1.80. The SMILES string of the molecule is CCCCCC(=O)OCC(C)COP(C)(C)=O. The smallest absolute Gasteiger partial charge is 0.305 e. The second-order valence-electron chi connectivity index (χ2n) is 4.79. The lowest BCUT2D eigenvalue weighted by atomic mass is 10.2. The van der Waals surface area contributed by atoms with Gasteiger partial charge in [0.15, 0.2) is 7.37 Å². The first-order valence-electron chi connectivity index (χ1n) is 6.20. The third-order valence-corrected chi connectivity index (χ3v) is 2.95. The first-order valence-corrected chi connectivity index (χ1v) is 8.72. The Morgan fingerprint density at radius 1 is 1.24 bits per heavy atom. The van der Waals surface area contributed by atoms with Crippen LogP contribution in [-0.4, -0.2) is 32.5 Å². The van der Waals surface area contributed by atoms with E-state index in [9.17, 15) is 9.36 Å². The fourth-order valence-electron chi connectivity index (χ4n) is 1.18. The summed E-state index contributed by atoms with van der Waals surface area (Å²) in [6, 6.07) is 0. The van der Waals surface area contributed by atoms with Crippen molar-refractivity contribution in [3.63, 3.8) is 0 Å². The second kappa shape index (κ2) is 8.71. The van der Waals surface area contributed by atoms with E-state index in [1.54, 1.807) is 13.3 Å². The Bertz CT molecular complexity index is 259. The van der Waals surface area contributed by atoms with Crippen molar-refractivity contribution in [1.29, 1.82) is 0 Å². The molecule has 17 heavy (non-hydrogen) atoms. The van der Waals surface area contributed by atoms with Gasteiger partial charge in [0.2, 0.25) is 0 Å². The summed E-state index contributed by atoms with van der Waals surface area (Å²) >= 11 is 0. The zero-order chi connectivity index (χ0) is 13.3. The highest BCUT2D eigenvalue weighted by molar-refractivity contribution is 7.57. The molecule has 0 spiro atoms. The van der Waals surface area contributed by atoms with Crippen LogP contribution >= 0.6 is 7.37 Å². The van der Waals surface area contributed by atoms with E-state index in [1.165, 1.54) is 0 Å². The van der Waals surface area contributed by atoms with Gasteiger partial charge in [-0.2, -0.15) is 0 Å². The van der Waals surface area contributed by atoms with Crippen molar-refractivity contribution in [2.24, 2.45) is 5.92 Å². The van der Waals surface area contributed by atoms with Crippen molar-refractivity contribution in [3.8, 4) is 0 Å². The molecule has 0 aliphatic carbocycles. The van der Waals surface area contributed by atoms with Gasteiger partial charge in [0, 0.05) is 25.7 Å². The molecular formula is C12H25O4P. The van der Waals surface area contributed by atoms with E-state index >= 15 is 0 Å². The Kier molecular flexibility index (Phi) is 8.53. The van der Waals surface area contributed by atoms with Gasteiger partial charge in [-0.15, -0.1) is 0 Å². The maximum atomic E-state index is 11.3. The van der Waals surface area contributed by atoms with E-state index in [-0.39, 0.29) is 11.9 Å². The van der Waals surface area contributed by atoms with Crippen molar-refractivity contribution in [3.05, 3.63) is 0 Å². The summed E-state index contributed by atoms with van der Waals surface area (Å²) in [5.41, 5.74) is 0. The minimum absolute atomic E-state index is 0.0818. The van der Waals surface area contributed by atoms with Crippen molar-refractivity contribution in [1.82, 2.24) is 0 Å². The molecule has 0 saturated heterocycles. The van der Waals surface area contributed by atoms with Crippen LogP contribution in [0.15, 0.2) is 0 Å². The molecule has 1 atom stereocenters. The minimum atomic E-state index is -2.43. The molecule has 1 unspecified atom stereocenters. The summed E-state index contributed by atoms with van der Waals surface area (Å²) in [6.07, 6.45) is 3.53. The normalized spacial score (nSPS) is 13.4. The number of rotatable bonds is 9. The standard InChI is InChI=1S/C12H25O4P/c1-5-6-7-8-12(13)15-9-11(2)10-16-17(3,4)14/h11H,5-10H2,1-4H3. The van der Waals surface area contributed by atoms with Crippen LogP contribution in [0.4, 0.5) is 0 Å². The second-order valence-corrected chi connectivity index (χ2v) is 7.56. The van der Waals surface area contributed by atoms with Gasteiger partial charge in [-0.25, -0.2) is 0 Å². The van der Waals surface area contributed by atoms with E-state index in [0.29, 0.717) is 19.6 Å². The topological polar surface area (TPSA) is 52.6 Å². The molecule has 102 valence electrons. The molecule has 4 nitrogen and oxygen atoms in total. The zero-order valence-corrected chi connectivity index (χ0v) is 12.3. The molecule has 0 N–H and O–H groups in total. The highest BCUT2D eigenvalue weighted by Gasteiger charge is 2.12. The quantitative estimate of drug-likeness (QED) is 0.364. The van der Waals surface area contributed by atoms with Gasteiger partial charge in [0.05, 0.1) is 13.2 Å². The van der Waals surface area contributed by atoms with Crippen LogP contribution in [0.25, 0.3) is 0 Å².